The second-order valence-electron chi connectivity index (χ2n) is 5.29. The maximum Gasteiger partial charge on any atom is 0.265 e. The Hall–Kier alpha value is -2.44. The van der Waals surface area contributed by atoms with Gasteiger partial charge in [-0.05, 0) is 41.6 Å². The number of rotatable bonds is 4. The first-order chi connectivity index (χ1) is 11.1. The molecule has 0 atom stereocenters. The first-order valence-corrected chi connectivity index (χ1v) is 7.96. The number of benzene rings is 1. The van der Waals surface area contributed by atoms with Crippen molar-refractivity contribution in [1.29, 1.82) is 0 Å². The summed E-state index contributed by atoms with van der Waals surface area (Å²) in [5.74, 6) is -0.155. The molecular weight excluding hydrogens is 312 g/mol. The van der Waals surface area contributed by atoms with Crippen LogP contribution >= 0.6 is 11.3 Å². The molecule has 0 aliphatic rings. The lowest BCUT2D eigenvalue weighted by atomic mass is 10.1. The molecule has 0 radical (unpaired) electrons. The Balaban J connectivity index is 1.94. The van der Waals surface area contributed by atoms with Crippen molar-refractivity contribution >= 4 is 33.8 Å². The normalized spacial score (nSPS) is 10.9. The molecule has 0 aliphatic carbocycles. The molecule has 6 heteroatoms. The Morgan fingerprint density at radius 2 is 2.13 bits per heavy atom. The molecule has 3 rings (SSSR count). The third-order valence-electron chi connectivity index (χ3n) is 3.44. The number of fused-ring (bicyclic) bond motifs is 1. The summed E-state index contributed by atoms with van der Waals surface area (Å²) in [6.07, 6.45) is 0. The van der Waals surface area contributed by atoms with Gasteiger partial charge in [-0.25, -0.2) is 0 Å². The molecule has 23 heavy (non-hydrogen) atoms. The van der Waals surface area contributed by atoms with Gasteiger partial charge in [-0.3, -0.25) is 9.59 Å². The number of hydrogen-bond acceptors (Lipinski definition) is 4. The molecule has 0 saturated heterocycles. The van der Waals surface area contributed by atoms with E-state index in [-0.39, 0.29) is 11.5 Å². The number of carbonyl (C=O) groups is 1. The topological polar surface area (TPSA) is 71.2 Å². The molecule has 0 saturated carbocycles. The lowest BCUT2D eigenvalue weighted by Crippen LogP contribution is -2.11. The van der Waals surface area contributed by atoms with Gasteiger partial charge >= 0.3 is 0 Å². The number of pyridine rings is 1. The number of amides is 1. The van der Waals surface area contributed by atoms with Crippen molar-refractivity contribution in [3.05, 3.63) is 62.1 Å². The average molecular weight is 328 g/mol. The van der Waals surface area contributed by atoms with Crippen molar-refractivity contribution in [2.45, 2.75) is 13.5 Å². The Kier molecular flexibility index (Phi) is 4.27. The highest BCUT2D eigenvalue weighted by Crippen LogP contribution is 2.22. The van der Waals surface area contributed by atoms with Crippen molar-refractivity contribution in [2.24, 2.45) is 0 Å². The van der Waals surface area contributed by atoms with Crippen LogP contribution in [0.4, 0.5) is 5.69 Å². The lowest BCUT2D eigenvalue weighted by molar-refractivity contribution is 0.103. The monoisotopic (exact) mass is 328 g/mol. The fourth-order valence-corrected chi connectivity index (χ4v) is 3.22. The zero-order valence-corrected chi connectivity index (χ0v) is 13.6. The highest BCUT2D eigenvalue weighted by atomic mass is 32.1. The van der Waals surface area contributed by atoms with E-state index in [0.29, 0.717) is 22.7 Å². The predicted octanol–water partition coefficient (Wildman–Crippen LogP) is 3.30. The summed E-state index contributed by atoms with van der Waals surface area (Å²) in [5, 5.41) is 5.69. The van der Waals surface area contributed by atoms with E-state index in [0.717, 1.165) is 16.5 Å². The SMILES string of the molecule is COCc1cc(=O)[nH]c2cc(NC(=O)c3cc(C)cs3)ccc12. The van der Waals surface area contributed by atoms with Crippen LogP contribution in [0.2, 0.25) is 0 Å². The Labute approximate surface area is 136 Å². The van der Waals surface area contributed by atoms with Crippen molar-refractivity contribution in [3.8, 4) is 0 Å². The minimum atomic E-state index is -0.193. The van der Waals surface area contributed by atoms with Crippen LogP contribution < -0.4 is 10.9 Å². The Morgan fingerprint density at radius 1 is 1.30 bits per heavy atom. The molecule has 2 aromatic heterocycles. The summed E-state index contributed by atoms with van der Waals surface area (Å²) in [7, 11) is 1.59. The molecular formula is C17H16N2O3S. The molecule has 1 aromatic carbocycles. The molecule has 0 aliphatic heterocycles. The zero-order chi connectivity index (χ0) is 16.4. The average Bonchev–Trinajstić information content (AvgIpc) is 2.94. The van der Waals surface area contributed by atoms with Gasteiger partial charge in [-0.15, -0.1) is 11.3 Å². The van der Waals surface area contributed by atoms with Crippen LogP contribution in [0.15, 0.2) is 40.5 Å². The van der Waals surface area contributed by atoms with Gasteiger partial charge in [0.25, 0.3) is 5.91 Å². The van der Waals surface area contributed by atoms with Crippen LogP contribution in [0.3, 0.4) is 0 Å². The van der Waals surface area contributed by atoms with Crippen molar-refractivity contribution in [2.75, 3.05) is 12.4 Å². The van der Waals surface area contributed by atoms with Crippen LogP contribution in [0.5, 0.6) is 0 Å². The first kappa shape index (κ1) is 15.5. The Bertz CT molecular complexity index is 927. The third kappa shape index (κ3) is 3.33. The van der Waals surface area contributed by atoms with Gasteiger partial charge < -0.3 is 15.0 Å². The predicted molar refractivity (Wildman–Crippen MR) is 92.3 cm³/mol. The summed E-state index contributed by atoms with van der Waals surface area (Å²) in [6, 6.07) is 8.82. The number of aromatic amines is 1. The van der Waals surface area contributed by atoms with Gasteiger partial charge in [-0.1, -0.05) is 6.07 Å². The molecule has 118 valence electrons. The number of aryl methyl sites for hydroxylation is 1. The third-order valence-corrected chi connectivity index (χ3v) is 4.49. The number of H-pyrrole nitrogens is 1. The maximum absolute atomic E-state index is 12.2. The highest BCUT2D eigenvalue weighted by molar-refractivity contribution is 7.12. The minimum Gasteiger partial charge on any atom is -0.380 e. The molecule has 0 unspecified atom stereocenters. The fourth-order valence-electron chi connectivity index (χ4n) is 2.43. The van der Waals surface area contributed by atoms with Gasteiger partial charge in [0.15, 0.2) is 0 Å². The quantitative estimate of drug-likeness (QED) is 0.772. The fraction of sp³-hybridized carbons (Fsp3) is 0.176. The Morgan fingerprint density at radius 3 is 2.83 bits per heavy atom. The summed E-state index contributed by atoms with van der Waals surface area (Å²) >= 11 is 1.41. The number of thiophene rings is 1. The van der Waals surface area contributed by atoms with Crippen LogP contribution in [-0.4, -0.2) is 18.0 Å². The summed E-state index contributed by atoms with van der Waals surface area (Å²) in [5.41, 5.74) is 3.00. The van der Waals surface area contributed by atoms with Gasteiger partial charge in [0.2, 0.25) is 5.56 Å². The number of ether oxygens (including phenoxy) is 1. The molecule has 0 fully saturated rings. The number of methoxy groups -OCH3 is 1. The van der Waals surface area contributed by atoms with Gasteiger partial charge in [0.1, 0.15) is 0 Å². The molecule has 5 nitrogen and oxygen atoms in total. The molecule has 0 spiro atoms. The second-order valence-corrected chi connectivity index (χ2v) is 6.21. The van der Waals surface area contributed by atoms with E-state index in [1.807, 2.05) is 30.5 Å². The zero-order valence-electron chi connectivity index (χ0n) is 12.8. The molecule has 2 N–H and O–H groups in total. The molecule has 0 bridgehead atoms. The van der Waals surface area contributed by atoms with Gasteiger partial charge in [0.05, 0.1) is 17.0 Å². The number of anilines is 1. The summed E-state index contributed by atoms with van der Waals surface area (Å²) in [4.78, 5) is 27.4. The van der Waals surface area contributed by atoms with E-state index in [2.05, 4.69) is 10.3 Å². The number of carbonyl (C=O) groups excluding carboxylic acids is 1. The molecule has 3 aromatic rings. The van der Waals surface area contributed by atoms with Gasteiger partial charge in [-0.2, -0.15) is 0 Å². The van der Waals surface area contributed by atoms with Crippen molar-refractivity contribution < 1.29 is 9.53 Å². The summed E-state index contributed by atoms with van der Waals surface area (Å²) < 4.78 is 5.12. The van der Waals surface area contributed by atoms with E-state index in [1.165, 1.54) is 17.4 Å². The number of nitrogens with one attached hydrogen (secondary N) is 2. The summed E-state index contributed by atoms with van der Waals surface area (Å²) in [6.45, 7) is 2.31. The van der Waals surface area contributed by atoms with E-state index in [1.54, 1.807) is 13.2 Å². The van der Waals surface area contributed by atoms with E-state index in [4.69, 9.17) is 4.74 Å². The maximum atomic E-state index is 12.2. The standard InChI is InChI=1S/C17H16N2O3S/c1-10-5-15(23-9-10)17(21)18-12-3-4-13-11(8-22-2)6-16(20)19-14(13)7-12/h3-7,9H,8H2,1-2H3,(H,18,21)(H,19,20). The number of hydrogen-bond donors (Lipinski definition) is 2. The number of aromatic nitrogens is 1. The van der Waals surface area contributed by atoms with Crippen LogP contribution in [0.25, 0.3) is 10.9 Å². The van der Waals surface area contributed by atoms with Gasteiger partial charge in [0, 0.05) is 24.2 Å². The van der Waals surface area contributed by atoms with Crippen LogP contribution in [0, 0.1) is 6.92 Å². The van der Waals surface area contributed by atoms with Crippen molar-refractivity contribution in [3.63, 3.8) is 0 Å². The first-order valence-electron chi connectivity index (χ1n) is 7.08. The van der Waals surface area contributed by atoms with Crippen LogP contribution in [-0.2, 0) is 11.3 Å². The highest BCUT2D eigenvalue weighted by Gasteiger charge is 2.10. The second kappa shape index (κ2) is 6.36. The molecule has 1 amide bonds. The van der Waals surface area contributed by atoms with E-state index < -0.39 is 0 Å². The van der Waals surface area contributed by atoms with Crippen molar-refractivity contribution in [1.82, 2.24) is 4.98 Å². The minimum absolute atomic E-state index is 0.155. The smallest absolute Gasteiger partial charge is 0.265 e. The largest absolute Gasteiger partial charge is 0.380 e. The van der Waals surface area contributed by atoms with E-state index >= 15 is 0 Å². The molecule has 2 heterocycles. The lowest BCUT2D eigenvalue weighted by Gasteiger charge is -2.08. The van der Waals surface area contributed by atoms with Crippen LogP contribution in [0.1, 0.15) is 20.8 Å². The van der Waals surface area contributed by atoms with E-state index in [9.17, 15) is 9.59 Å².